The summed E-state index contributed by atoms with van der Waals surface area (Å²) in [5.41, 5.74) is 5.14. The Balaban J connectivity index is 1.58. The molecule has 2 N–H and O–H groups in total. The molecule has 33 heavy (non-hydrogen) atoms. The van der Waals surface area contributed by atoms with Gasteiger partial charge in [-0.05, 0) is 73.9 Å². The lowest BCUT2D eigenvalue weighted by Gasteiger charge is -2.10. The average Bonchev–Trinajstić information content (AvgIpc) is 2.80. The Bertz CT molecular complexity index is 1220. The van der Waals surface area contributed by atoms with E-state index in [-0.39, 0.29) is 18.1 Å². The molecule has 0 heterocycles. The van der Waals surface area contributed by atoms with Crippen molar-refractivity contribution in [2.24, 2.45) is 0 Å². The first kappa shape index (κ1) is 23.3. The van der Waals surface area contributed by atoms with Gasteiger partial charge >= 0.3 is 0 Å². The van der Waals surface area contributed by atoms with Gasteiger partial charge in [0.15, 0.2) is 6.61 Å². The van der Waals surface area contributed by atoms with Crippen molar-refractivity contribution >= 4 is 29.3 Å². The standard InChI is InChI=1S/C27H25N3O3/c1-18-5-10-23(11-6-18)29-27(32)22(16-28)15-21-8-12-24(13-9-21)33-17-26(31)30-25-14-19(2)4-7-20(25)3/h4-15H,17H2,1-3H3,(H,29,32)(H,30,31)/b22-15-. The molecule has 3 aromatic carbocycles. The van der Waals surface area contributed by atoms with Gasteiger partial charge in [0.05, 0.1) is 0 Å². The zero-order valence-electron chi connectivity index (χ0n) is 18.8. The number of carbonyl (C=O) groups excluding carboxylic acids is 2. The van der Waals surface area contributed by atoms with Crippen molar-refractivity contribution in [1.82, 2.24) is 0 Å². The maximum Gasteiger partial charge on any atom is 0.266 e. The highest BCUT2D eigenvalue weighted by Gasteiger charge is 2.10. The Labute approximate surface area is 193 Å². The molecule has 0 unspecified atom stereocenters. The second-order valence-electron chi connectivity index (χ2n) is 7.71. The molecule has 0 saturated carbocycles. The Kier molecular flexibility index (Phi) is 7.61. The first-order valence-corrected chi connectivity index (χ1v) is 10.4. The van der Waals surface area contributed by atoms with Crippen LogP contribution in [0.2, 0.25) is 0 Å². The van der Waals surface area contributed by atoms with E-state index in [4.69, 9.17) is 4.74 Å². The van der Waals surface area contributed by atoms with Gasteiger partial charge < -0.3 is 15.4 Å². The molecule has 0 fully saturated rings. The van der Waals surface area contributed by atoms with E-state index in [9.17, 15) is 14.9 Å². The van der Waals surface area contributed by atoms with Crippen LogP contribution < -0.4 is 15.4 Å². The summed E-state index contributed by atoms with van der Waals surface area (Å²) in [4.78, 5) is 24.6. The number of anilines is 2. The smallest absolute Gasteiger partial charge is 0.266 e. The van der Waals surface area contributed by atoms with Gasteiger partial charge in [-0.3, -0.25) is 9.59 Å². The van der Waals surface area contributed by atoms with Crippen molar-refractivity contribution in [1.29, 1.82) is 5.26 Å². The second-order valence-corrected chi connectivity index (χ2v) is 7.71. The van der Waals surface area contributed by atoms with Crippen molar-refractivity contribution in [2.45, 2.75) is 20.8 Å². The minimum atomic E-state index is -0.482. The number of amides is 2. The van der Waals surface area contributed by atoms with Gasteiger partial charge in [-0.25, -0.2) is 0 Å². The summed E-state index contributed by atoms with van der Waals surface area (Å²) in [5, 5.41) is 15.0. The van der Waals surface area contributed by atoms with E-state index in [0.717, 1.165) is 22.4 Å². The number of hydrogen-bond acceptors (Lipinski definition) is 4. The lowest BCUT2D eigenvalue weighted by atomic mass is 10.1. The van der Waals surface area contributed by atoms with Gasteiger partial charge in [0.1, 0.15) is 17.4 Å². The van der Waals surface area contributed by atoms with Crippen LogP contribution in [0, 0.1) is 32.1 Å². The largest absolute Gasteiger partial charge is 0.484 e. The SMILES string of the molecule is Cc1ccc(NC(=O)/C(C#N)=C\c2ccc(OCC(=O)Nc3cc(C)ccc3C)cc2)cc1. The summed E-state index contributed by atoms with van der Waals surface area (Å²) in [7, 11) is 0. The molecule has 6 heteroatoms. The van der Waals surface area contributed by atoms with Crippen molar-refractivity contribution in [2.75, 3.05) is 17.2 Å². The lowest BCUT2D eigenvalue weighted by molar-refractivity contribution is -0.118. The summed E-state index contributed by atoms with van der Waals surface area (Å²) in [6.07, 6.45) is 1.50. The van der Waals surface area contributed by atoms with Crippen LogP contribution in [-0.2, 0) is 9.59 Å². The highest BCUT2D eigenvalue weighted by molar-refractivity contribution is 6.09. The number of hydrogen-bond donors (Lipinski definition) is 2. The third-order valence-electron chi connectivity index (χ3n) is 4.90. The summed E-state index contributed by atoms with van der Waals surface area (Å²) in [6, 6.07) is 21.9. The zero-order chi connectivity index (χ0) is 23.8. The van der Waals surface area contributed by atoms with Gasteiger partial charge in [-0.1, -0.05) is 42.0 Å². The predicted octanol–water partition coefficient (Wildman–Crippen LogP) is 5.18. The molecule has 0 aliphatic carbocycles. The quantitative estimate of drug-likeness (QED) is 0.392. The van der Waals surface area contributed by atoms with Crippen LogP contribution in [0.25, 0.3) is 6.08 Å². The van der Waals surface area contributed by atoms with Crippen molar-refractivity contribution < 1.29 is 14.3 Å². The van der Waals surface area contributed by atoms with E-state index in [1.165, 1.54) is 6.08 Å². The minimum absolute atomic E-state index is 0.0165. The minimum Gasteiger partial charge on any atom is -0.484 e. The van der Waals surface area contributed by atoms with E-state index < -0.39 is 5.91 Å². The van der Waals surface area contributed by atoms with Crippen LogP contribution in [-0.4, -0.2) is 18.4 Å². The lowest BCUT2D eigenvalue weighted by Crippen LogP contribution is -2.20. The second kappa shape index (κ2) is 10.8. The molecule has 3 rings (SSSR count). The topological polar surface area (TPSA) is 91.2 Å². The molecule has 0 aliphatic heterocycles. The molecular weight excluding hydrogens is 414 g/mol. The molecule has 0 saturated heterocycles. The van der Waals surface area contributed by atoms with Crippen molar-refractivity contribution in [3.63, 3.8) is 0 Å². The molecule has 2 amide bonds. The normalized spacial score (nSPS) is 10.8. The van der Waals surface area contributed by atoms with Crippen LogP contribution in [0.1, 0.15) is 22.3 Å². The van der Waals surface area contributed by atoms with E-state index in [1.54, 1.807) is 36.4 Å². The maximum atomic E-state index is 12.4. The number of rotatable bonds is 7. The van der Waals surface area contributed by atoms with Gasteiger partial charge in [-0.2, -0.15) is 5.26 Å². The molecule has 6 nitrogen and oxygen atoms in total. The zero-order valence-corrected chi connectivity index (χ0v) is 18.8. The third-order valence-corrected chi connectivity index (χ3v) is 4.90. The highest BCUT2D eigenvalue weighted by Crippen LogP contribution is 2.18. The molecular formula is C27H25N3O3. The van der Waals surface area contributed by atoms with E-state index in [0.29, 0.717) is 17.0 Å². The number of ether oxygens (including phenoxy) is 1. The summed E-state index contributed by atoms with van der Waals surface area (Å²) in [5.74, 6) is -0.233. The fourth-order valence-corrected chi connectivity index (χ4v) is 3.02. The Hall–Kier alpha value is -4.37. The molecule has 0 spiro atoms. The molecule has 0 bridgehead atoms. The van der Waals surface area contributed by atoms with Crippen LogP contribution in [0.3, 0.4) is 0 Å². The van der Waals surface area contributed by atoms with Gasteiger partial charge in [0.2, 0.25) is 0 Å². The van der Waals surface area contributed by atoms with Crippen LogP contribution in [0.15, 0.2) is 72.3 Å². The number of nitrogens with one attached hydrogen (secondary N) is 2. The van der Waals surface area contributed by atoms with Gasteiger partial charge in [-0.15, -0.1) is 0 Å². The molecule has 0 aromatic heterocycles. The first-order valence-electron chi connectivity index (χ1n) is 10.4. The van der Waals surface area contributed by atoms with Crippen molar-refractivity contribution in [3.8, 4) is 11.8 Å². The Morgan fingerprint density at radius 1 is 0.909 bits per heavy atom. The monoisotopic (exact) mass is 439 g/mol. The van der Waals surface area contributed by atoms with Gasteiger partial charge in [0, 0.05) is 11.4 Å². The van der Waals surface area contributed by atoms with E-state index >= 15 is 0 Å². The molecule has 0 atom stereocenters. The highest BCUT2D eigenvalue weighted by atomic mass is 16.5. The molecule has 166 valence electrons. The van der Waals surface area contributed by atoms with Crippen LogP contribution >= 0.6 is 0 Å². The summed E-state index contributed by atoms with van der Waals surface area (Å²) >= 11 is 0. The number of aryl methyl sites for hydroxylation is 3. The van der Waals surface area contributed by atoms with E-state index in [1.807, 2.05) is 57.2 Å². The maximum absolute atomic E-state index is 12.4. The Morgan fingerprint density at radius 2 is 1.58 bits per heavy atom. The van der Waals surface area contributed by atoms with Gasteiger partial charge in [0.25, 0.3) is 11.8 Å². The fraction of sp³-hybridized carbons (Fsp3) is 0.148. The number of carbonyl (C=O) groups is 2. The Morgan fingerprint density at radius 3 is 2.24 bits per heavy atom. The van der Waals surface area contributed by atoms with Crippen LogP contribution in [0.5, 0.6) is 5.75 Å². The summed E-state index contributed by atoms with van der Waals surface area (Å²) in [6.45, 7) is 5.71. The predicted molar refractivity (Wildman–Crippen MR) is 130 cm³/mol. The molecule has 3 aromatic rings. The third kappa shape index (κ3) is 6.81. The van der Waals surface area contributed by atoms with Crippen LogP contribution in [0.4, 0.5) is 11.4 Å². The number of benzene rings is 3. The average molecular weight is 440 g/mol. The number of nitrogens with zero attached hydrogens (tertiary/aromatic N) is 1. The first-order chi connectivity index (χ1) is 15.8. The summed E-state index contributed by atoms with van der Waals surface area (Å²) < 4.78 is 5.56. The molecule has 0 aliphatic rings. The van der Waals surface area contributed by atoms with Crippen molar-refractivity contribution in [3.05, 3.63) is 94.6 Å². The van der Waals surface area contributed by atoms with E-state index in [2.05, 4.69) is 10.6 Å². The molecule has 0 radical (unpaired) electrons. The number of nitriles is 1. The fourth-order valence-electron chi connectivity index (χ4n) is 3.02.